The van der Waals surface area contributed by atoms with Crippen molar-refractivity contribution in [2.45, 2.75) is 80.8 Å². The van der Waals surface area contributed by atoms with Gasteiger partial charge in [-0.15, -0.1) is 0 Å². The number of hydrogen-bond acceptors (Lipinski definition) is 7. The molecule has 4 rings (SSSR count). The van der Waals surface area contributed by atoms with Gasteiger partial charge in [0.2, 0.25) is 21.8 Å². The molecule has 1 aliphatic carbocycles. The molecule has 0 bridgehead atoms. The molecule has 1 heterocycles. The zero-order valence-corrected chi connectivity index (χ0v) is 26.2. The lowest BCUT2D eigenvalue weighted by Crippen LogP contribution is -2.55. The van der Waals surface area contributed by atoms with Crippen molar-refractivity contribution in [2.24, 2.45) is 11.5 Å². The van der Waals surface area contributed by atoms with E-state index in [0.29, 0.717) is 37.1 Å². The molecular weight excluding hydrogens is 596 g/mol. The molecule has 4 amide bonds. The third-order valence-corrected chi connectivity index (χ3v) is 9.62. The molecule has 14 heteroatoms. The van der Waals surface area contributed by atoms with Crippen molar-refractivity contribution in [3.05, 3.63) is 59.7 Å². The lowest BCUT2D eigenvalue weighted by Gasteiger charge is -2.35. The second-order valence-electron chi connectivity index (χ2n) is 11.7. The van der Waals surface area contributed by atoms with Crippen LogP contribution >= 0.6 is 0 Å². The molecule has 1 saturated heterocycles. The number of hydrogen-bond donors (Lipinski definition) is 7. The molecule has 45 heavy (non-hydrogen) atoms. The van der Waals surface area contributed by atoms with Crippen molar-refractivity contribution in [3.63, 3.8) is 0 Å². The molecule has 0 radical (unpaired) electrons. The Kier molecular flexibility index (Phi) is 11.9. The fraction of sp³-hybridized carbons (Fsp3) is 0.484. The molecule has 13 nitrogen and oxygen atoms in total. The molecular formula is C31H44N8O5S. The second-order valence-corrected chi connectivity index (χ2v) is 13.4. The van der Waals surface area contributed by atoms with Crippen LogP contribution in [0.5, 0.6) is 0 Å². The fourth-order valence-electron chi connectivity index (χ4n) is 5.76. The maximum atomic E-state index is 13.9. The van der Waals surface area contributed by atoms with Crippen LogP contribution in [0.2, 0.25) is 0 Å². The van der Waals surface area contributed by atoms with E-state index in [-0.39, 0.29) is 59.8 Å². The molecule has 9 N–H and O–H groups in total. The summed E-state index contributed by atoms with van der Waals surface area (Å²) in [7, 11) is -4.21. The SMILES string of the molecule is N=C(N)c1cccc(C[C@H](NS(=O)(=O)c2cccc(NC(=O)CCN)c2)C(=O)N2CCC(NC(=O)NC3CCCCC3)CC2)c1. The van der Waals surface area contributed by atoms with Gasteiger partial charge in [-0.05, 0) is 61.9 Å². The van der Waals surface area contributed by atoms with E-state index in [4.69, 9.17) is 16.9 Å². The van der Waals surface area contributed by atoms with Gasteiger partial charge in [0.25, 0.3) is 0 Å². The normalized spacial score (nSPS) is 16.9. The Morgan fingerprint density at radius 2 is 1.60 bits per heavy atom. The van der Waals surface area contributed by atoms with Crippen molar-refractivity contribution in [1.29, 1.82) is 5.41 Å². The largest absolute Gasteiger partial charge is 0.384 e. The average molecular weight is 641 g/mol. The van der Waals surface area contributed by atoms with Gasteiger partial charge >= 0.3 is 6.03 Å². The Hall–Kier alpha value is -4.01. The number of amides is 4. The lowest BCUT2D eigenvalue weighted by molar-refractivity contribution is -0.134. The third-order valence-electron chi connectivity index (χ3n) is 8.16. The van der Waals surface area contributed by atoms with Gasteiger partial charge in [0, 0.05) is 49.4 Å². The van der Waals surface area contributed by atoms with Crippen molar-refractivity contribution in [2.75, 3.05) is 25.0 Å². The minimum absolute atomic E-state index is 0.0219. The number of carbonyl (C=O) groups excluding carboxylic acids is 3. The van der Waals surface area contributed by atoms with Crippen LogP contribution in [0.4, 0.5) is 10.5 Å². The van der Waals surface area contributed by atoms with E-state index in [1.807, 2.05) is 0 Å². The zero-order valence-electron chi connectivity index (χ0n) is 25.4. The Morgan fingerprint density at radius 3 is 2.27 bits per heavy atom. The Balaban J connectivity index is 1.46. The summed E-state index contributed by atoms with van der Waals surface area (Å²) in [6.45, 7) is 0.851. The minimum atomic E-state index is -4.21. The van der Waals surface area contributed by atoms with E-state index >= 15 is 0 Å². The molecule has 2 aromatic rings. The van der Waals surface area contributed by atoms with Crippen LogP contribution in [0.15, 0.2) is 53.4 Å². The molecule has 1 saturated carbocycles. The van der Waals surface area contributed by atoms with E-state index in [0.717, 1.165) is 25.7 Å². The maximum Gasteiger partial charge on any atom is 0.315 e. The molecule has 2 fully saturated rings. The predicted octanol–water partition coefficient (Wildman–Crippen LogP) is 1.77. The van der Waals surface area contributed by atoms with Crippen LogP contribution < -0.4 is 32.1 Å². The van der Waals surface area contributed by atoms with Gasteiger partial charge in [-0.1, -0.05) is 43.5 Å². The van der Waals surface area contributed by atoms with Crippen LogP contribution in [0.3, 0.4) is 0 Å². The van der Waals surface area contributed by atoms with E-state index in [9.17, 15) is 22.8 Å². The average Bonchev–Trinajstić information content (AvgIpc) is 3.01. The van der Waals surface area contributed by atoms with E-state index in [1.54, 1.807) is 35.2 Å². The number of rotatable bonds is 12. The van der Waals surface area contributed by atoms with Gasteiger partial charge in [-0.3, -0.25) is 15.0 Å². The topological polar surface area (TPSA) is 213 Å². The van der Waals surface area contributed by atoms with Crippen molar-refractivity contribution >= 4 is 39.4 Å². The Labute approximate surface area is 264 Å². The summed E-state index contributed by atoms with van der Waals surface area (Å²) in [5.41, 5.74) is 12.5. The number of nitrogens with one attached hydrogen (secondary N) is 5. The van der Waals surface area contributed by atoms with Gasteiger partial charge in [0.15, 0.2) is 0 Å². The molecule has 0 unspecified atom stereocenters. The van der Waals surface area contributed by atoms with Crippen molar-refractivity contribution in [1.82, 2.24) is 20.3 Å². The van der Waals surface area contributed by atoms with Crippen LogP contribution in [0.1, 0.15) is 62.5 Å². The van der Waals surface area contributed by atoms with Gasteiger partial charge in [0.05, 0.1) is 4.90 Å². The lowest BCUT2D eigenvalue weighted by atomic mass is 9.96. The van der Waals surface area contributed by atoms with E-state index in [2.05, 4.69) is 20.7 Å². The summed E-state index contributed by atoms with van der Waals surface area (Å²) in [5.74, 6) is -0.886. The summed E-state index contributed by atoms with van der Waals surface area (Å²) in [6, 6.07) is 11.3. The van der Waals surface area contributed by atoms with E-state index < -0.39 is 22.0 Å². The number of benzene rings is 2. The zero-order chi connectivity index (χ0) is 32.4. The highest BCUT2D eigenvalue weighted by Gasteiger charge is 2.32. The molecule has 244 valence electrons. The molecule has 1 aliphatic heterocycles. The smallest absolute Gasteiger partial charge is 0.315 e. The Morgan fingerprint density at radius 1 is 0.933 bits per heavy atom. The van der Waals surface area contributed by atoms with Gasteiger partial charge < -0.3 is 32.3 Å². The van der Waals surface area contributed by atoms with Gasteiger partial charge in [-0.2, -0.15) is 4.72 Å². The monoisotopic (exact) mass is 640 g/mol. The number of anilines is 1. The summed E-state index contributed by atoms with van der Waals surface area (Å²) < 4.78 is 29.7. The predicted molar refractivity (Wildman–Crippen MR) is 172 cm³/mol. The van der Waals surface area contributed by atoms with Crippen LogP contribution in [0.25, 0.3) is 0 Å². The standard InChI is InChI=1S/C31H44N8O5S/c32-15-12-28(40)35-25-10-5-11-26(20-25)45(43,44)38-27(19-21-6-4-7-22(18-21)29(33)34)30(41)39-16-13-24(14-17-39)37-31(42)36-23-8-2-1-3-9-23/h4-7,10-11,18,20,23-24,27,38H,1-3,8-9,12-17,19,32H2,(H3,33,34)(H,35,40)(H2,36,37,42)/t27-/m0/s1. The summed E-state index contributed by atoms with van der Waals surface area (Å²) in [5, 5.41) is 16.5. The molecule has 2 aliphatic rings. The summed E-state index contributed by atoms with van der Waals surface area (Å²) in [4.78, 5) is 39.9. The quantitative estimate of drug-likeness (QED) is 0.135. The highest BCUT2D eigenvalue weighted by molar-refractivity contribution is 7.89. The number of amidine groups is 1. The first-order valence-corrected chi connectivity index (χ1v) is 16.9. The number of piperidine rings is 1. The maximum absolute atomic E-state index is 13.9. The highest BCUT2D eigenvalue weighted by Crippen LogP contribution is 2.20. The molecule has 0 spiro atoms. The third kappa shape index (κ3) is 9.99. The van der Waals surface area contributed by atoms with Crippen molar-refractivity contribution < 1.29 is 22.8 Å². The van der Waals surface area contributed by atoms with Crippen LogP contribution in [-0.2, 0) is 26.0 Å². The number of nitrogen functional groups attached to an aromatic ring is 1. The number of carbonyl (C=O) groups is 3. The first kappa shape index (κ1) is 33.9. The summed E-state index contributed by atoms with van der Waals surface area (Å²) in [6.07, 6.45) is 6.59. The van der Waals surface area contributed by atoms with Crippen LogP contribution in [0, 0.1) is 5.41 Å². The van der Waals surface area contributed by atoms with Crippen molar-refractivity contribution in [3.8, 4) is 0 Å². The number of nitrogens with zero attached hydrogens (tertiary/aromatic N) is 1. The van der Waals surface area contributed by atoms with Gasteiger partial charge in [-0.25, -0.2) is 13.2 Å². The first-order valence-electron chi connectivity index (χ1n) is 15.5. The first-order chi connectivity index (χ1) is 21.5. The fourth-order valence-corrected chi connectivity index (χ4v) is 6.99. The van der Waals surface area contributed by atoms with Gasteiger partial charge in [0.1, 0.15) is 11.9 Å². The number of nitrogens with two attached hydrogens (primary N) is 2. The minimum Gasteiger partial charge on any atom is -0.384 e. The molecule has 1 atom stereocenters. The number of likely N-dealkylation sites (tertiary alicyclic amines) is 1. The number of urea groups is 1. The van der Waals surface area contributed by atoms with E-state index in [1.165, 1.54) is 24.6 Å². The highest BCUT2D eigenvalue weighted by atomic mass is 32.2. The second kappa shape index (κ2) is 15.8. The Bertz CT molecular complexity index is 1470. The summed E-state index contributed by atoms with van der Waals surface area (Å²) >= 11 is 0. The van der Waals surface area contributed by atoms with Crippen LogP contribution in [-0.4, -0.2) is 74.8 Å². The molecule has 2 aromatic carbocycles. The number of sulfonamides is 1. The molecule has 0 aromatic heterocycles.